The monoisotopic (exact) mass is 582 g/mol. The van der Waals surface area contributed by atoms with E-state index in [9.17, 15) is 13.2 Å². The van der Waals surface area contributed by atoms with Crippen molar-refractivity contribution in [1.82, 2.24) is 19.9 Å². The highest BCUT2D eigenvalue weighted by atomic mass is 35.5. The molecule has 0 unspecified atom stereocenters. The lowest BCUT2D eigenvalue weighted by Crippen LogP contribution is -2.50. The predicted molar refractivity (Wildman–Crippen MR) is 153 cm³/mol. The van der Waals surface area contributed by atoms with E-state index < -0.39 is 16.1 Å². The van der Waals surface area contributed by atoms with E-state index in [0.717, 1.165) is 44.9 Å². The van der Waals surface area contributed by atoms with Crippen LogP contribution < -0.4 is 14.8 Å². The number of thiophene rings is 1. The van der Waals surface area contributed by atoms with Crippen molar-refractivity contribution in [2.75, 3.05) is 32.7 Å². The van der Waals surface area contributed by atoms with E-state index in [-0.39, 0.29) is 17.3 Å². The minimum absolute atomic E-state index is 0.00557. The first-order valence-corrected chi connectivity index (χ1v) is 15.5. The largest absolute Gasteiger partial charge is 0.479 e. The molecule has 8 nitrogen and oxygen atoms in total. The molecule has 1 fully saturated rings. The van der Waals surface area contributed by atoms with Crippen molar-refractivity contribution in [1.29, 1.82) is 0 Å². The van der Waals surface area contributed by atoms with Gasteiger partial charge in [-0.3, -0.25) is 9.78 Å². The highest BCUT2D eigenvalue weighted by molar-refractivity contribution is 7.89. The van der Waals surface area contributed by atoms with Crippen molar-refractivity contribution in [2.45, 2.75) is 23.8 Å². The fourth-order valence-electron chi connectivity index (χ4n) is 5.07. The Kier molecular flexibility index (Phi) is 7.30. The number of benzene rings is 2. The van der Waals surface area contributed by atoms with Gasteiger partial charge < -0.3 is 15.0 Å². The summed E-state index contributed by atoms with van der Waals surface area (Å²) in [5.74, 6) is 0.692. The van der Waals surface area contributed by atoms with Crippen LogP contribution in [0.15, 0.2) is 65.7 Å². The van der Waals surface area contributed by atoms with Crippen LogP contribution in [-0.4, -0.2) is 63.0 Å². The first-order valence-electron chi connectivity index (χ1n) is 12.8. The third kappa shape index (κ3) is 5.39. The van der Waals surface area contributed by atoms with E-state index in [1.165, 1.54) is 0 Å². The van der Waals surface area contributed by atoms with Crippen LogP contribution in [0.1, 0.15) is 10.4 Å². The number of ether oxygens (including phenoxy) is 1. The Morgan fingerprint density at radius 1 is 1.13 bits per heavy atom. The zero-order valence-corrected chi connectivity index (χ0v) is 23.4. The lowest BCUT2D eigenvalue weighted by molar-refractivity contribution is -0.138. The number of fused-ring (bicyclic) bond motifs is 2. The molecule has 11 heteroatoms. The topological polar surface area (TPSA) is 101 Å². The van der Waals surface area contributed by atoms with Crippen LogP contribution in [0, 0.1) is 0 Å². The van der Waals surface area contributed by atoms with Gasteiger partial charge in [-0.05, 0) is 42.8 Å². The molecule has 39 heavy (non-hydrogen) atoms. The lowest BCUT2D eigenvalue weighted by Gasteiger charge is -2.29. The molecule has 202 valence electrons. The van der Waals surface area contributed by atoms with E-state index in [2.05, 4.69) is 15.0 Å². The number of piperazine rings is 1. The molecular weight excluding hydrogens is 556 g/mol. The Morgan fingerprint density at radius 3 is 2.72 bits per heavy atom. The Labute approximate surface area is 236 Å². The van der Waals surface area contributed by atoms with Crippen LogP contribution in [0.5, 0.6) is 5.75 Å². The second kappa shape index (κ2) is 10.9. The third-order valence-corrected chi connectivity index (χ3v) is 9.88. The SMILES string of the molecule is O=C([C@H]1Cc2cc(Cl)cc(-c3ccnc4cc(CCNS(=O)(=O)c5ccccc5)sc34)c2O1)N1CCNCC1. The summed E-state index contributed by atoms with van der Waals surface area (Å²) in [6.45, 7) is 3.18. The van der Waals surface area contributed by atoms with Gasteiger partial charge in [-0.1, -0.05) is 29.8 Å². The van der Waals surface area contributed by atoms with E-state index >= 15 is 0 Å². The van der Waals surface area contributed by atoms with Crippen molar-refractivity contribution in [3.63, 3.8) is 0 Å². The van der Waals surface area contributed by atoms with Crippen molar-refractivity contribution < 1.29 is 17.9 Å². The molecule has 2 aromatic carbocycles. The first kappa shape index (κ1) is 26.2. The second-order valence-corrected chi connectivity index (χ2v) is 12.9. The number of halogens is 1. The summed E-state index contributed by atoms with van der Waals surface area (Å²) in [6.07, 6.45) is 2.19. The molecule has 2 aliphatic heterocycles. The van der Waals surface area contributed by atoms with Gasteiger partial charge in [0.25, 0.3) is 5.91 Å². The van der Waals surface area contributed by atoms with Crippen LogP contribution in [-0.2, 0) is 27.7 Å². The molecule has 1 saturated heterocycles. The molecule has 0 bridgehead atoms. The number of amides is 1. The second-order valence-electron chi connectivity index (χ2n) is 9.57. The summed E-state index contributed by atoms with van der Waals surface area (Å²) < 4.78 is 35.1. The molecule has 2 N–H and O–H groups in total. The molecule has 4 heterocycles. The van der Waals surface area contributed by atoms with Gasteiger partial charge in [0.05, 0.1) is 15.1 Å². The van der Waals surface area contributed by atoms with Gasteiger partial charge in [0, 0.05) is 71.9 Å². The Hall–Kier alpha value is -3.02. The number of hydrogen-bond donors (Lipinski definition) is 2. The Morgan fingerprint density at radius 2 is 1.92 bits per heavy atom. The lowest BCUT2D eigenvalue weighted by atomic mass is 10.0. The number of nitrogens with one attached hydrogen (secondary N) is 2. The average Bonchev–Trinajstić information content (AvgIpc) is 3.57. The predicted octanol–water partition coefficient (Wildman–Crippen LogP) is 3.87. The fraction of sp³-hybridized carbons (Fsp3) is 0.286. The highest BCUT2D eigenvalue weighted by Gasteiger charge is 2.35. The minimum Gasteiger partial charge on any atom is -0.479 e. The van der Waals surface area contributed by atoms with Gasteiger partial charge in [-0.2, -0.15) is 0 Å². The standard InChI is InChI=1S/C28H27ClN4O4S2/c29-19-14-18-15-25(28(34)33-12-10-30-11-13-33)37-26(18)23(16-19)22-7-8-31-24-17-20(38-27(22)24)6-9-32-39(35,36)21-4-2-1-3-5-21/h1-5,7-8,14,16-17,25,30,32H,6,9-13,15H2/t25-/m1/s1. The molecule has 0 spiro atoms. The molecule has 2 aliphatic rings. The van der Waals surface area contributed by atoms with Crippen LogP contribution >= 0.6 is 22.9 Å². The number of hydrogen-bond acceptors (Lipinski definition) is 7. The van der Waals surface area contributed by atoms with Gasteiger partial charge in [0.2, 0.25) is 10.0 Å². The Bertz CT molecular complexity index is 1640. The van der Waals surface area contributed by atoms with E-state index in [0.29, 0.717) is 36.7 Å². The molecular formula is C28H27ClN4O4S2. The molecule has 2 aromatic heterocycles. The van der Waals surface area contributed by atoms with Crippen molar-refractivity contribution >= 4 is 49.1 Å². The van der Waals surface area contributed by atoms with Gasteiger partial charge in [-0.25, -0.2) is 13.1 Å². The normalized spacial score (nSPS) is 17.3. The number of nitrogens with zero attached hydrogens (tertiary/aromatic N) is 2. The van der Waals surface area contributed by atoms with Gasteiger partial charge in [0.15, 0.2) is 6.10 Å². The van der Waals surface area contributed by atoms with Crippen LogP contribution in [0.25, 0.3) is 21.3 Å². The maximum atomic E-state index is 13.2. The Balaban J connectivity index is 1.24. The van der Waals surface area contributed by atoms with E-state index in [1.807, 2.05) is 29.2 Å². The summed E-state index contributed by atoms with van der Waals surface area (Å²) in [7, 11) is -3.57. The number of pyridine rings is 1. The van der Waals surface area contributed by atoms with Crippen molar-refractivity contribution in [2.24, 2.45) is 0 Å². The average molecular weight is 583 g/mol. The van der Waals surface area contributed by atoms with E-state index in [4.69, 9.17) is 16.3 Å². The molecule has 0 radical (unpaired) electrons. The smallest absolute Gasteiger partial charge is 0.264 e. The highest BCUT2D eigenvalue weighted by Crippen LogP contribution is 2.44. The van der Waals surface area contributed by atoms with Gasteiger partial charge >= 0.3 is 0 Å². The third-order valence-electron chi connectivity index (χ3n) is 6.97. The summed E-state index contributed by atoms with van der Waals surface area (Å²) in [6, 6.07) is 16.0. The quantitative estimate of drug-likeness (QED) is 0.343. The molecule has 6 rings (SSSR count). The number of aromatic nitrogens is 1. The molecule has 4 aromatic rings. The molecule has 0 saturated carbocycles. The number of carbonyl (C=O) groups is 1. The van der Waals surface area contributed by atoms with Gasteiger partial charge in [-0.15, -0.1) is 11.3 Å². The first-order chi connectivity index (χ1) is 18.9. The van der Waals surface area contributed by atoms with Crippen LogP contribution in [0.3, 0.4) is 0 Å². The minimum atomic E-state index is -3.57. The number of rotatable bonds is 7. The molecule has 1 atom stereocenters. The fourth-order valence-corrected chi connectivity index (χ4v) is 7.50. The van der Waals surface area contributed by atoms with Crippen molar-refractivity contribution in [3.05, 3.63) is 76.3 Å². The molecule has 1 amide bonds. The maximum absolute atomic E-state index is 13.2. The summed E-state index contributed by atoms with van der Waals surface area (Å²) in [5.41, 5.74) is 3.50. The van der Waals surface area contributed by atoms with E-state index in [1.54, 1.807) is 47.9 Å². The van der Waals surface area contributed by atoms with Crippen molar-refractivity contribution in [3.8, 4) is 16.9 Å². The maximum Gasteiger partial charge on any atom is 0.264 e. The summed E-state index contributed by atoms with van der Waals surface area (Å²) in [4.78, 5) is 20.8. The summed E-state index contributed by atoms with van der Waals surface area (Å²) >= 11 is 8.10. The van der Waals surface area contributed by atoms with Crippen LogP contribution in [0.4, 0.5) is 0 Å². The number of carbonyl (C=O) groups excluding carboxylic acids is 1. The zero-order chi connectivity index (χ0) is 27.0. The van der Waals surface area contributed by atoms with Crippen LogP contribution in [0.2, 0.25) is 5.02 Å². The zero-order valence-electron chi connectivity index (χ0n) is 21.0. The summed E-state index contributed by atoms with van der Waals surface area (Å²) in [5, 5.41) is 3.85. The molecule has 0 aliphatic carbocycles. The number of sulfonamides is 1. The van der Waals surface area contributed by atoms with Gasteiger partial charge in [0.1, 0.15) is 5.75 Å².